The summed E-state index contributed by atoms with van der Waals surface area (Å²) < 4.78 is 0. The van der Waals surface area contributed by atoms with Crippen molar-refractivity contribution in [3.63, 3.8) is 0 Å². The normalized spacial score (nSPS) is 21.5. The molecule has 0 radical (unpaired) electrons. The molecular formula is C15H20N2O3S. The van der Waals surface area contributed by atoms with Crippen LogP contribution in [0.1, 0.15) is 29.3 Å². The van der Waals surface area contributed by atoms with Gasteiger partial charge in [-0.15, -0.1) is 11.8 Å². The minimum absolute atomic E-state index is 0.0673. The smallest absolute Gasteiger partial charge is 0.327 e. The van der Waals surface area contributed by atoms with E-state index < -0.39 is 12.0 Å². The second kappa shape index (κ2) is 6.95. The summed E-state index contributed by atoms with van der Waals surface area (Å²) in [4.78, 5) is 25.5. The predicted molar refractivity (Wildman–Crippen MR) is 83.3 cm³/mol. The standard InChI is InChI=1S/C15H20N2O3S/c1-2-13-17(12(9-21-13)15(19)20)14(18)11-5-3-10(4-6-11)7-8-16/h3-6,12-13H,2,7-9,16H2,1H3,(H,19,20). The van der Waals surface area contributed by atoms with Crippen molar-refractivity contribution < 1.29 is 14.7 Å². The number of benzene rings is 1. The molecule has 0 aromatic heterocycles. The summed E-state index contributed by atoms with van der Waals surface area (Å²) in [5.41, 5.74) is 7.11. The van der Waals surface area contributed by atoms with Crippen LogP contribution in [0.4, 0.5) is 0 Å². The first-order chi connectivity index (χ1) is 10.1. The molecule has 2 rings (SSSR count). The van der Waals surface area contributed by atoms with Gasteiger partial charge in [-0.05, 0) is 37.1 Å². The lowest BCUT2D eigenvalue weighted by molar-refractivity contribution is -0.141. The lowest BCUT2D eigenvalue weighted by Crippen LogP contribution is -2.45. The largest absolute Gasteiger partial charge is 0.480 e. The maximum atomic E-state index is 12.6. The van der Waals surface area contributed by atoms with Crippen molar-refractivity contribution >= 4 is 23.6 Å². The molecule has 1 aliphatic heterocycles. The predicted octanol–water partition coefficient (Wildman–Crippen LogP) is 1.57. The third-order valence-corrected chi connectivity index (χ3v) is 5.05. The summed E-state index contributed by atoms with van der Waals surface area (Å²) in [5, 5.41) is 9.22. The van der Waals surface area contributed by atoms with Gasteiger partial charge in [-0.25, -0.2) is 4.79 Å². The Bertz CT molecular complexity index is 518. The van der Waals surface area contributed by atoms with Crippen LogP contribution in [0.25, 0.3) is 0 Å². The van der Waals surface area contributed by atoms with E-state index >= 15 is 0 Å². The van der Waals surface area contributed by atoms with Crippen LogP contribution in [-0.2, 0) is 11.2 Å². The fourth-order valence-corrected chi connectivity index (χ4v) is 3.82. The molecule has 6 heteroatoms. The molecule has 1 aromatic rings. The first-order valence-corrected chi connectivity index (χ1v) is 8.09. The van der Waals surface area contributed by atoms with Crippen molar-refractivity contribution in [3.8, 4) is 0 Å². The first-order valence-electron chi connectivity index (χ1n) is 7.04. The van der Waals surface area contributed by atoms with Gasteiger partial charge in [-0.1, -0.05) is 19.1 Å². The molecule has 0 aliphatic carbocycles. The van der Waals surface area contributed by atoms with Crippen molar-refractivity contribution in [1.82, 2.24) is 4.90 Å². The molecule has 1 amide bonds. The Morgan fingerprint density at radius 2 is 2.05 bits per heavy atom. The highest BCUT2D eigenvalue weighted by Gasteiger charge is 2.40. The highest BCUT2D eigenvalue weighted by molar-refractivity contribution is 8.00. The molecule has 5 nitrogen and oxygen atoms in total. The van der Waals surface area contributed by atoms with E-state index in [-0.39, 0.29) is 11.3 Å². The summed E-state index contributed by atoms with van der Waals surface area (Å²) in [5.74, 6) is -0.699. The Balaban J connectivity index is 2.21. The fourth-order valence-electron chi connectivity index (χ4n) is 2.47. The van der Waals surface area contributed by atoms with E-state index in [1.54, 1.807) is 12.1 Å². The summed E-state index contributed by atoms with van der Waals surface area (Å²) >= 11 is 1.53. The number of aliphatic carboxylic acids is 1. The number of carboxylic acids is 1. The molecule has 2 unspecified atom stereocenters. The topological polar surface area (TPSA) is 83.6 Å². The van der Waals surface area contributed by atoms with E-state index in [4.69, 9.17) is 5.73 Å². The number of hydrogen-bond acceptors (Lipinski definition) is 4. The van der Waals surface area contributed by atoms with Gasteiger partial charge in [0.25, 0.3) is 5.91 Å². The molecule has 1 aliphatic rings. The third-order valence-electron chi connectivity index (χ3n) is 3.60. The van der Waals surface area contributed by atoms with E-state index in [1.165, 1.54) is 16.7 Å². The molecule has 1 fully saturated rings. The number of nitrogens with two attached hydrogens (primary N) is 1. The van der Waals surface area contributed by atoms with E-state index in [0.717, 1.165) is 18.4 Å². The minimum atomic E-state index is -0.938. The molecule has 3 N–H and O–H groups in total. The van der Waals surface area contributed by atoms with Gasteiger partial charge < -0.3 is 15.7 Å². The second-order valence-electron chi connectivity index (χ2n) is 5.00. The maximum absolute atomic E-state index is 12.6. The molecule has 0 bridgehead atoms. The SMILES string of the molecule is CCC1SCC(C(=O)O)N1C(=O)c1ccc(CCN)cc1. The lowest BCUT2D eigenvalue weighted by Gasteiger charge is -2.26. The van der Waals surface area contributed by atoms with Crippen molar-refractivity contribution in [1.29, 1.82) is 0 Å². The summed E-state index contributed by atoms with van der Waals surface area (Å²) in [6.07, 6.45) is 1.51. The van der Waals surface area contributed by atoms with Gasteiger partial charge in [0.05, 0.1) is 5.37 Å². The number of rotatable bonds is 5. The van der Waals surface area contributed by atoms with Crippen LogP contribution in [0.3, 0.4) is 0 Å². The average Bonchev–Trinajstić information content (AvgIpc) is 2.91. The van der Waals surface area contributed by atoms with Gasteiger partial charge in [0.1, 0.15) is 6.04 Å². The molecule has 114 valence electrons. The first kappa shape index (κ1) is 15.9. The number of hydrogen-bond donors (Lipinski definition) is 2. The van der Waals surface area contributed by atoms with Crippen LogP contribution in [0.15, 0.2) is 24.3 Å². The van der Waals surface area contributed by atoms with Crippen molar-refractivity contribution in [2.75, 3.05) is 12.3 Å². The zero-order chi connectivity index (χ0) is 15.4. The van der Waals surface area contributed by atoms with E-state index in [0.29, 0.717) is 17.9 Å². The monoisotopic (exact) mass is 308 g/mol. The van der Waals surface area contributed by atoms with Crippen molar-refractivity contribution in [2.45, 2.75) is 31.2 Å². The highest BCUT2D eigenvalue weighted by atomic mass is 32.2. The summed E-state index contributed by atoms with van der Waals surface area (Å²) in [6.45, 7) is 2.53. The third kappa shape index (κ3) is 3.39. The van der Waals surface area contributed by atoms with E-state index in [9.17, 15) is 14.7 Å². The number of thioether (sulfide) groups is 1. The van der Waals surface area contributed by atoms with Crippen LogP contribution in [0.5, 0.6) is 0 Å². The van der Waals surface area contributed by atoms with Crippen LogP contribution < -0.4 is 5.73 Å². The van der Waals surface area contributed by atoms with Crippen LogP contribution >= 0.6 is 11.8 Å². The van der Waals surface area contributed by atoms with Gasteiger partial charge in [0, 0.05) is 11.3 Å². The number of carbonyl (C=O) groups excluding carboxylic acids is 1. The maximum Gasteiger partial charge on any atom is 0.327 e. The lowest BCUT2D eigenvalue weighted by atomic mass is 10.1. The Hall–Kier alpha value is -1.53. The molecule has 0 saturated carbocycles. The molecule has 1 saturated heterocycles. The van der Waals surface area contributed by atoms with Gasteiger partial charge in [-0.2, -0.15) is 0 Å². The van der Waals surface area contributed by atoms with E-state index in [2.05, 4.69) is 0 Å². The van der Waals surface area contributed by atoms with Gasteiger partial charge >= 0.3 is 5.97 Å². The van der Waals surface area contributed by atoms with Crippen molar-refractivity contribution in [2.24, 2.45) is 5.73 Å². The Kier molecular flexibility index (Phi) is 5.25. The Morgan fingerprint density at radius 1 is 1.38 bits per heavy atom. The Labute approximate surface area is 128 Å². The quantitative estimate of drug-likeness (QED) is 0.862. The zero-order valence-electron chi connectivity index (χ0n) is 12.0. The molecule has 21 heavy (non-hydrogen) atoms. The molecule has 1 aromatic carbocycles. The van der Waals surface area contributed by atoms with Gasteiger partial charge in [0.2, 0.25) is 0 Å². The van der Waals surface area contributed by atoms with Crippen molar-refractivity contribution in [3.05, 3.63) is 35.4 Å². The summed E-state index contributed by atoms with van der Waals surface area (Å²) in [6, 6.07) is 6.51. The fraction of sp³-hybridized carbons (Fsp3) is 0.467. The summed E-state index contributed by atoms with van der Waals surface area (Å²) in [7, 11) is 0. The molecule has 2 atom stereocenters. The molecule has 0 spiro atoms. The van der Waals surface area contributed by atoms with Gasteiger partial charge in [0.15, 0.2) is 0 Å². The van der Waals surface area contributed by atoms with E-state index in [1.807, 2.05) is 19.1 Å². The number of amides is 1. The Morgan fingerprint density at radius 3 is 2.57 bits per heavy atom. The number of carboxylic acid groups (broad SMARTS) is 1. The number of carbonyl (C=O) groups is 2. The van der Waals surface area contributed by atoms with Crippen LogP contribution in [-0.4, -0.2) is 45.6 Å². The van der Waals surface area contributed by atoms with Crippen LogP contribution in [0.2, 0.25) is 0 Å². The zero-order valence-corrected chi connectivity index (χ0v) is 12.8. The number of nitrogens with zero attached hydrogens (tertiary/aromatic N) is 1. The molecular weight excluding hydrogens is 288 g/mol. The van der Waals surface area contributed by atoms with Crippen LogP contribution in [0, 0.1) is 0 Å². The highest BCUT2D eigenvalue weighted by Crippen LogP contribution is 2.32. The second-order valence-corrected chi connectivity index (χ2v) is 6.21. The average molecular weight is 308 g/mol. The minimum Gasteiger partial charge on any atom is -0.480 e. The van der Waals surface area contributed by atoms with Gasteiger partial charge in [-0.3, -0.25) is 4.79 Å². The molecule has 1 heterocycles.